The maximum Gasteiger partial charge on any atom is 0.417 e. The van der Waals surface area contributed by atoms with Gasteiger partial charge >= 0.3 is 6.18 Å². The zero-order valence-electron chi connectivity index (χ0n) is 16.3. The molecule has 0 aliphatic carbocycles. The molecule has 31 heavy (non-hydrogen) atoms. The fourth-order valence-corrected chi connectivity index (χ4v) is 3.37. The van der Waals surface area contributed by atoms with Gasteiger partial charge in [-0.25, -0.2) is 4.98 Å². The molecule has 2 heterocycles. The largest absolute Gasteiger partial charge is 0.417 e. The van der Waals surface area contributed by atoms with Gasteiger partial charge in [-0.3, -0.25) is 4.98 Å². The Labute approximate surface area is 177 Å². The number of aromatic nitrogens is 3. The van der Waals surface area contributed by atoms with Gasteiger partial charge in [0.2, 0.25) is 0 Å². The lowest BCUT2D eigenvalue weighted by Crippen LogP contribution is -2.07. The highest BCUT2D eigenvalue weighted by molar-refractivity contribution is 5.64. The van der Waals surface area contributed by atoms with Crippen LogP contribution in [-0.4, -0.2) is 14.5 Å². The molecular weight excluding hydrogens is 401 g/mol. The number of hydrogen-bond donors (Lipinski definition) is 0. The van der Waals surface area contributed by atoms with Crippen LogP contribution in [0.5, 0.6) is 0 Å². The summed E-state index contributed by atoms with van der Waals surface area (Å²) < 4.78 is 41.8. The molecule has 0 amide bonds. The first-order valence-electron chi connectivity index (χ1n) is 9.53. The highest BCUT2D eigenvalue weighted by Gasteiger charge is 2.33. The number of benzene rings is 2. The summed E-state index contributed by atoms with van der Waals surface area (Å²) in [7, 11) is 0. The standard InChI is InChI=1S/C24H17F3N4/c25-24(26,27)22-4-2-1-3-21(22)23-10-9-19(13-30-23)15-31-16-29-14-20(31)11-17-5-7-18(12-28)8-6-17/h1-10,13-14,16H,11,15H2. The summed E-state index contributed by atoms with van der Waals surface area (Å²) in [4.78, 5) is 8.49. The minimum absolute atomic E-state index is 0.0608. The van der Waals surface area contributed by atoms with Crippen molar-refractivity contribution in [1.82, 2.24) is 14.5 Å². The summed E-state index contributed by atoms with van der Waals surface area (Å²) in [5.74, 6) is 0. The van der Waals surface area contributed by atoms with Crippen molar-refractivity contribution < 1.29 is 13.2 Å². The normalized spacial score (nSPS) is 11.3. The molecule has 0 saturated heterocycles. The van der Waals surface area contributed by atoms with Gasteiger partial charge in [-0.2, -0.15) is 18.4 Å². The Bertz CT molecular complexity index is 1220. The second kappa shape index (κ2) is 8.44. The van der Waals surface area contributed by atoms with Crippen LogP contribution in [0.3, 0.4) is 0 Å². The van der Waals surface area contributed by atoms with E-state index in [2.05, 4.69) is 16.0 Å². The fraction of sp³-hybridized carbons (Fsp3) is 0.125. The van der Waals surface area contributed by atoms with Crippen LogP contribution in [0.4, 0.5) is 13.2 Å². The molecule has 2 aromatic heterocycles. The molecule has 7 heteroatoms. The summed E-state index contributed by atoms with van der Waals surface area (Å²) in [5, 5.41) is 8.91. The zero-order chi connectivity index (χ0) is 21.8. The Balaban J connectivity index is 1.52. The van der Waals surface area contributed by atoms with Crippen molar-refractivity contribution in [2.24, 2.45) is 0 Å². The molecule has 0 saturated carbocycles. The molecule has 0 aliphatic heterocycles. The maximum atomic E-state index is 13.3. The molecule has 0 bridgehead atoms. The number of alkyl halides is 3. The van der Waals surface area contributed by atoms with E-state index in [4.69, 9.17) is 5.26 Å². The van der Waals surface area contributed by atoms with Crippen molar-refractivity contribution in [3.05, 3.63) is 107 Å². The monoisotopic (exact) mass is 418 g/mol. The quantitative estimate of drug-likeness (QED) is 0.432. The molecule has 0 aliphatic rings. The van der Waals surface area contributed by atoms with Gasteiger partial charge < -0.3 is 4.57 Å². The predicted octanol–water partition coefficient (Wildman–Crippen LogP) is 5.47. The van der Waals surface area contributed by atoms with Crippen molar-refractivity contribution in [1.29, 1.82) is 5.26 Å². The third-order valence-electron chi connectivity index (χ3n) is 4.95. The molecule has 0 atom stereocenters. The first-order valence-corrected chi connectivity index (χ1v) is 9.53. The van der Waals surface area contributed by atoms with Crippen LogP contribution in [0.2, 0.25) is 0 Å². The molecule has 4 nitrogen and oxygen atoms in total. The van der Waals surface area contributed by atoms with Gasteiger partial charge in [0.1, 0.15) is 0 Å². The molecule has 0 fully saturated rings. The minimum Gasteiger partial charge on any atom is -0.330 e. The van der Waals surface area contributed by atoms with Crippen molar-refractivity contribution in [3.8, 4) is 17.3 Å². The van der Waals surface area contributed by atoms with Crippen LogP contribution in [0.25, 0.3) is 11.3 Å². The van der Waals surface area contributed by atoms with Crippen LogP contribution in [0.1, 0.15) is 27.9 Å². The SMILES string of the molecule is N#Cc1ccc(Cc2cncn2Cc2ccc(-c3ccccc3C(F)(F)F)nc2)cc1. The van der Waals surface area contributed by atoms with Crippen molar-refractivity contribution >= 4 is 0 Å². The van der Waals surface area contributed by atoms with E-state index in [-0.39, 0.29) is 11.3 Å². The Hall–Kier alpha value is -3.92. The first kappa shape index (κ1) is 20.4. The zero-order valence-corrected chi connectivity index (χ0v) is 16.3. The number of hydrogen-bond acceptors (Lipinski definition) is 3. The lowest BCUT2D eigenvalue weighted by molar-refractivity contribution is -0.137. The van der Waals surface area contributed by atoms with Gasteiger partial charge in [-0.15, -0.1) is 0 Å². The highest BCUT2D eigenvalue weighted by Crippen LogP contribution is 2.36. The van der Waals surface area contributed by atoms with E-state index >= 15 is 0 Å². The number of nitriles is 1. The third-order valence-corrected chi connectivity index (χ3v) is 4.95. The van der Waals surface area contributed by atoms with E-state index in [1.54, 1.807) is 49.1 Å². The predicted molar refractivity (Wildman–Crippen MR) is 110 cm³/mol. The molecule has 2 aromatic carbocycles. The molecule has 4 aromatic rings. The van der Waals surface area contributed by atoms with Gasteiger partial charge in [-0.1, -0.05) is 36.4 Å². The van der Waals surface area contributed by atoms with Crippen molar-refractivity contribution in [3.63, 3.8) is 0 Å². The Morgan fingerprint density at radius 1 is 0.903 bits per heavy atom. The van der Waals surface area contributed by atoms with E-state index in [9.17, 15) is 13.2 Å². The van der Waals surface area contributed by atoms with Crippen LogP contribution < -0.4 is 0 Å². The second-order valence-corrected chi connectivity index (χ2v) is 7.09. The summed E-state index contributed by atoms with van der Waals surface area (Å²) in [5.41, 5.74) is 3.14. The summed E-state index contributed by atoms with van der Waals surface area (Å²) in [6.45, 7) is 0.500. The lowest BCUT2D eigenvalue weighted by atomic mass is 10.0. The molecular formula is C24H17F3N4. The average molecular weight is 418 g/mol. The number of nitrogens with zero attached hydrogens (tertiary/aromatic N) is 4. The molecule has 0 unspecified atom stereocenters. The molecule has 154 valence electrons. The van der Waals surface area contributed by atoms with E-state index in [0.717, 1.165) is 22.9 Å². The second-order valence-electron chi connectivity index (χ2n) is 7.09. The number of halogens is 3. The minimum atomic E-state index is -4.44. The summed E-state index contributed by atoms with van der Waals surface area (Å²) in [6, 6.07) is 18.3. The summed E-state index contributed by atoms with van der Waals surface area (Å²) in [6.07, 6.45) is 1.30. The summed E-state index contributed by atoms with van der Waals surface area (Å²) >= 11 is 0. The van der Waals surface area contributed by atoms with Crippen LogP contribution in [0, 0.1) is 11.3 Å². The van der Waals surface area contributed by atoms with Crippen LogP contribution in [-0.2, 0) is 19.1 Å². The average Bonchev–Trinajstić information content (AvgIpc) is 3.20. The fourth-order valence-electron chi connectivity index (χ4n) is 3.37. The smallest absolute Gasteiger partial charge is 0.330 e. The number of imidazole rings is 1. The highest BCUT2D eigenvalue weighted by atomic mass is 19.4. The number of rotatable bonds is 5. The van der Waals surface area contributed by atoms with Gasteiger partial charge in [0.25, 0.3) is 0 Å². The van der Waals surface area contributed by atoms with Crippen LogP contribution >= 0.6 is 0 Å². The van der Waals surface area contributed by atoms with Crippen molar-refractivity contribution in [2.75, 3.05) is 0 Å². The Kier molecular flexibility index (Phi) is 5.54. The third kappa shape index (κ3) is 4.64. The van der Waals surface area contributed by atoms with Gasteiger partial charge in [0.05, 0.1) is 35.8 Å². The Morgan fingerprint density at radius 3 is 2.32 bits per heavy atom. The topological polar surface area (TPSA) is 54.5 Å². The van der Waals surface area contributed by atoms with E-state index < -0.39 is 11.7 Å². The van der Waals surface area contributed by atoms with E-state index in [0.29, 0.717) is 18.5 Å². The molecule has 0 N–H and O–H groups in total. The van der Waals surface area contributed by atoms with E-state index in [1.165, 1.54) is 12.1 Å². The van der Waals surface area contributed by atoms with Gasteiger partial charge in [-0.05, 0) is 35.4 Å². The van der Waals surface area contributed by atoms with E-state index in [1.807, 2.05) is 16.7 Å². The van der Waals surface area contributed by atoms with Crippen molar-refractivity contribution in [2.45, 2.75) is 19.1 Å². The first-order chi connectivity index (χ1) is 14.9. The lowest BCUT2D eigenvalue weighted by Gasteiger charge is -2.13. The molecule has 4 rings (SSSR count). The van der Waals surface area contributed by atoms with Gasteiger partial charge in [0.15, 0.2) is 0 Å². The molecule has 0 spiro atoms. The molecule has 0 radical (unpaired) electrons. The maximum absolute atomic E-state index is 13.3. The number of pyridine rings is 1. The Morgan fingerprint density at radius 2 is 1.65 bits per heavy atom. The van der Waals surface area contributed by atoms with Gasteiger partial charge in [0, 0.05) is 30.1 Å². The van der Waals surface area contributed by atoms with Crippen LogP contribution in [0.15, 0.2) is 79.4 Å².